The topological polar surface area (TPSA) is 74.2 Å². The predicted octanol–water partition coefficient (Wildman–Crippen LogP) is 5.52. The zero-order valence-corrected chi connectivity index (χ0v) is 18.6. The van der Waals surface area contributed by atoms with E-state index in [1.54, 1.807) is 12.1 Å². The normalized spacial score (nSPS) is 18.5. The van der Waals surface area contributed by atoms with Crippen molar-refractivity contribution in [2.24, 2.45) is 0 Å². The Morgan fingerprint density at radius 1 is 1.13 bits per heavy atom. The quantitative estimate of drug-likeness (QED) is 0.650. The summed E-state index contributed by atoms with van der Waals surface area (Å²) in [6.45, 7) is 10.00. The highest BCUT2D eigenvalue weighted by Crippen LogP contribution is 2.26. The van der Waals surface area contributed by atoms with Crippen LogP contribution >= 0.6 is 0 Å². The summed E-state index contributed by atoms with van der Waals surface area (Å²) in [7, 11) is 0. The standard InChI is InChI=1S/C26H31N3O2/c1-18(2)20-6-5-7-21(16-20)26(3,4)29-25(30)28-22-10-14-24(15-11-22)31-23-12-8-19(17-27)9-13-23/h5-9,12-13,16,22,24H,1,10-11,14-15H2,2-4H3,(H2,28,29,30)/t22-,24-. The van der Waals surface area contributed by atoms with Gasteiger partial charge in [-0.3, -0.25) is 0 Å². The Hall–Kier alpha value is -3.26. The smallest absolute Gasteiger partial charge is 0.315 e. The summed E-state index contributed by atoms with van der Waals surface area (Å²) >= 11 is 0. The minimum Gasteiger partial charge on any atom is -0.490 e. The zero-order chi connectivity index (χ0) is 22.4. The summed E-state index contributed by atoms with van der Waals surface area (Å²) in [5.74, 6) is 0.784. The van der Waals surface area contributed by atoms with E-state index >= 15 is 0 Å². The van der Waals surface area contributed by atoms with E-state index in [-0.39, 0.29) is 18.2 Å². The molecular formula is C26H31N3O2. The van der Waals surface area contributed by atoms with E-state index in [2.05, 4.69) is 29.3 Å². The van der Waals surface area contributed by atoms with Gasteiger partial charge in [-0.25, -0.2) is 4.79 Å². The van der Waals surface area contributed by atoms with Crippen molar-refractivity contribution in [3.05, 3.63) is 71.8 Å². The lowest BCUT2D eigenvalue weighted by atomic mass is 9.91. The van der Waals surface area contributed by atoms with Crippen molar-refractivity contribution in [2.75, 3.05) is 0 Å². The summed E-state index contributed by atoms with van der Waals surface area (Å²) in [6, 6.07) is 17.4. The molecule has 5 nitrogen and oxygen atoms in total. The van der Waals surface area contributed by atoms with Crippen molar-refractivity contribution >= 4 is 11.6 Å². The van der Waals surface area contributed by atoms with Crippen molar-refractivity contribution in [3.8, 4) is 11.8 Å². The molecule has 0 atom stereocenters. The predicted molar refractivity (Wildman–Crippen MR) is 124 cm³/mol. The van der Waals surface area contributed by atoms with Crippen LogP contribution in [0.3, 0.4) is 0 Å². The molecule has 0 aromatic heterocycles. The van der Waals surface area contributed by atoms with Crippen LogP contribution in [0.1, 0.15) is 63.1 Å². The third kappa shape index (κ3) is 6.11. The van der Waals surface area contributed by atoms with Crippen LogP contribution in [-0.4, -0.2) is 18.2 Å². The molecule has 1 aliphatic carbocycles. The third-order valence-corrected chi connectivity index (χ3v) is 5.80. The van der Waals surface area contributed by atoms with Crippen LogP contribution in [0, 0.1) is 11.3 Å². The van der Waals surface area contributed by atoms with Gasteiger partial charge in [0, 0.05) is 6.04 Å². The van der Waals surface area contributed by atoms with Gasteiger partial charge < -0.3 is 15.4 Å². The molecule has 2 amide bonds. The molecule has 0 heterocycles. The largest absolute Gasteiger partial charge is 0.490 e. The molecule has 2 aromatic rings. The Balaban J connectivity index is 1.48. The van der Waals surface area contributed by atoms with E-state index < -0.39 is 5.54 Å². The number of nitriles is 1. The lowest BCUT2D eigenvalue weighted by Crippen LogP contribution is -2.50. The van der Waals surface area contributed by atoms with Gasteiger partial charge in [-0.05, 0) is 87.9 Å². The minimum atomic E-state index is -0.495. The molecule has 162 valence electrons. The highest BCUT2D eigenvalue weighted by molar-refractivity contribution is 5.75. The number of benzene rings is 2. The van der Waals surface area contributed by atoms with Gasteiger partial charge in [0.2, 0.25) is 0 Å². The van der Waals surface area contributed by atoms with Crippen LogP contribution in [0.5, 0.6) is 5.75 Å². The van der Waals surface area contributed by atoms with Gasteiger partial charge in [0.1, 0.15) is 5.75 Å². The zero-order valence-electron chi connectivity index (χ0n) is 18.6. The van der Waals surface area contributed by atoms with Gasteiger partial charge in [0.05, 0.1) is 23.3 Å². The second-order valence-corrected chi connectivity index (χ2v) is 8.81. The van der Waals surface area contributed by atoms with Gasteiger partial charge >= 0.3 is 6.03 Å². The van der Waals surface area contributed by atoms with Crippen LogP contribution in [0.2, 0.25) is 0 Å². The van der Waals surface area contributed by atoms with E-state index in [0.29, 0.717) is 5.56 Å². The van der Waals surface area contributed by atoms with Gasteiger partial charge in [0.25, 0.3) is 0 Å². The van der Waals surface area contributed by atoms with Crippen LogP contribution in [-0.2, 0) is 5.54 Å². The molecule has 31 heavy (non-hydrogen) atoms. The Labute approximate surface area is 185 Å². The first-order chi connectivity index (χ1) is 14.8. The number of hydrogen-bond donors (Lipinski definition) is 2. The van der Waals surface area contributed by atoms with Crippen molar-refractivity contribution in [1.29, 1.82) is 5.26 Å². The van der Waals surface area contributed by atoms with E-state index in [1.165, 1.54) is 0 Å². The number of rotatable bonds is 6. The van der Waals surface area contributed by atoms with Crippen LogP contribution in [0.4, 0.5) is 4.79 Å². The fraction of sp³-hybridized carbons (Fsp3) is 0.385. The molecule has 1 fully saturated rings. The molecule has 0 unspecified atom stereocenters. The molecule has 2 aromatic carbocycles. The molecule has 5 heteroatoms. The first-order valence-corrected chi connectivity index (χ1v) is 10.8. The van der Waals surface area contributed by atoms with E-state index in [9.17, 15) is 4.79 Å². The maximum atomic E-state index is 12.7. The molecule has 1 aliphatic rings. The number of carbonyl (C=O) groups excluding carboxylic acids is 1. The Kier molecular flexibility index (Phi) is 7.02. The summed E-state index contributed by atoms with van der Waals surface area (Å²) < 4.78 is 6.03. The van der Waals surface area contributed by atoms with E-state index in [4.69, 9.17) is 10.00 Å². The Morgan fingerprint density at radius 2 is 1.81 bits per heavy atom. The fourth-order valence-corrected chi connectivity index (χ4v) is 3.88. The maximum Gasteiger partial charge on any atom is 0.315 e. The van der Waals surface area contributed by atoms with Crippen LogP contribution in [0.15, 0.2) is 55.1 Å². The molecule has 2 N–H and O–H groups in total. The first-order valence-electron chi connectivity index (χ1n) is 10.8. The number of allylic oxidation sites excluding steroid dienone is 1. The summed E-state index contributed by atoms with van der Waals surface area (Å²) in [5.41, 5.74) is 3.25. The molecular weight excluding hydrogens is 386 g/mol. The van der Waals surface area contributed by atoms with Crippen molar-refractivity contribution in [1.82, 2.24) is 10.6 Å². The molecule has 0 radical (unpaired) electrons. The van der Waals surface area contributed by atoms with Gasteiger partial charge in [-0.1, -0.05) is 30.4 Å². The molecule has 0 bridgehead atoms. The SMILES string of the molecule is C=C(C)c1cccc(C(C)(C)NC(=O)N[C@H]2CC[C@H](Oc3ccc(C#N)cc3)CC2)c1. The lowest BCUT2D eigenvalue weighted by Gasteiger charge is -2.32. The summed E-state index contributed by atoms with van der Waals surface area (Å²) in [6.07, 6.45) is 3.65. The number of carbonyl (C=O) groups is 1. The Morgan fingerprint density at radius 3 is 2.42 bits per heavy atom. The number of urea groups is 1. The summed E-state index contributed by atoms with van der Waals surface area (Å²) in [4.78, 5) is 12.7. The number of ether oxygens (including phenoxy) is 1. The third-order valence-electron chi connectivity index (χ3n) is 5.80. The number of nitrogens with one attached hydrogen (secondary N) is 2. The second-order valence-electron chi connectivity index (χ2n) is 8.81. The minimum absolute atomic E-state index is 0.135. The highest BCUT2D eigenvalue weighted by Gasteiger charge is 2.27. The monoisotopic (exact) mass is 417 g/mol. The van der Waals surface area contributed by atoms with Gasteiger partial charge in [-0.2, -0.15) is 5.26 Å². The fourth-order valence-electron chi connectivity index (χ4n) is 3.88. The first kappa shape index (κ1) is 22.4. The molecule has 0 spiro atoms. The van der Waals surface area contributed by atoms with Crippen LogP contribution < -0.4 is 15.4 Å². The lowest BCUT2D eigenvalue weighted by molar-refractivity contribution is 0.139. The number of amides is 2. The molecule has 3 rings (SSSR count). The van der Waals surface area contributed by atoms with E-state index in [1.807, 2.05) is 51.1 Å². The second kappa shape index (κ2) is 9.70. The Bertz CT molecular complexity index is 965. The van der Waals surface area contributed by atoms with Gasteiger partial charge in [-0.15, -0.1) is 0 Å². The van der Waals surface area contributed by atoms with Gasteiger partial charge in [0.15, 0.2) is 0 Å². The highest BCUT2D eigenvalue weighted by atomic mass is 16.5. The average Bonchev–Trinajstić information content (AvgIpc) is 2.75. The number of nitrogens with zero attached hydrogens (tertiary/aromatic N) is 1. The van der Waals surface area contributed by atoms with Crippen molar-refractivity contribution < 1.29 is 9.53 Å². The molecule has 1 saturated carbocycles. The molecule has 0 saturated heterocycles. The van der Waals surface area contributed by atoms with Crippen LogP contribution in [0.25, 0.3) is 5.57 Å². The average molecular weight is 418 g/mol. The van der Waals surface area contributed by atoms with E-state index in [0.717, 1.165) is 48.1 Å². The summed E-state index contributed by atoms with van der Waals surface area (Å²) in [5, 5.41) is 15.1. The number of hydrogen-bond acceptors (Lipinski definition) is 3. The molecule has 0 aliphatic heterocycles. The maximum absolute atomic E-state index is 12.7. The van der Waals surface area contributed by atoms with Crippen molar-refractivity contribution in [2.45, 2.75) is 64.1 Å². The van der Waals surface area contributed by atoms with Crippen molar-refractivity contribution in [3.63, 3.8) is 0 Å².